The minimum Gasteiger partial charge on any atom is -0.317 e. The van der Waals surface area contributed by atoms with Crippen LogP contribution in [-0.2, 0) is 0 Å². The Bertz CT molecular complexity index is 2090. The first-order chi connectivity index (χ1) is 17.9. The van der Waals surface area contributed by atoms with E-state index < -0.39 is 0 Å². The van der Waals surface area contributed by atoms with Gasteiger partial charge >= 0.3 is 0 Å². The summed E-state index contributed by atoms with van der Waals surface area (Å²) in [6, 6.07) is 46.1. The predicted molar refractivity (Wildman–Crippen MR) is 153 cm³/mol. The Balaban J connectivity index is 1.53. The molecule has 8 aromatic rings. The maximum absolute atomic E-state index is 2.47. The zero-order valence-electron chi connectivity index (χ0n) is 19.6. The summed E-state index contributed by atoms with van der Waals surface area (Å²) in [5, 5.41) is 8.84. The van der Waals surface area contributed by atoms with Gasteiger partial charge in [0.15, 0.2) is 0 Å². The van der Waals surface area contributed by atoms with Crippen LogP contribution in [-0.4, -0.2) is 9.13 Å². The third-order valence-electron chi connectivity index (χ3n) is 7.50. The van der Waals surface area contributed by atoms with E-state index in [9.17, 15) is 0 Å². The number of benzene rings is 6. The van der Waals surface area contributed by atoms with Crippen molar-refractivity contribution >= 4 is 54.3 Å². The fraction of sp³-hybridized carbons (Fsp3) is 0. The van der Waals surface area contributed by atoms with Crippen molar-refractivity contribution in [1.82, 2.24) is 9.13 Å². The molecule has 0 spiro atoms. The van der Waals surface area contributed by atoms with Crippen molar-refractivity contribution in [1.29, 1.82) is 0 Å². The molecule has 2 nitrogen and oxygen atoms in total. The van der Waals surface area contributed by atoms with Crippen molar-refractivity contribution in [3.05, 3.63) is 134 Å². The van der Waals surface area contributed by atoms with Crippen LogP contribution in [0.3, 0.4) is 0 Å². The van der Waals surface area contributed by atoms with E-state index in [1.54, 1.807) is 0 Å². The second-order valence-corrected chi connectivity index (χ2v) is 9.47. The summed E-state index contributed by atoms with van der Waals surface area (Å²) in [6.45, 7) is 0. The lowest BCUT2D eigenvalue weighted by atomic mass is 10.0. The molecule has 0 atom stereocenters. The maximum Gasteiger partial charge on any atom is 0.0619 e. The Morgan fingerprint density at radius 3 is 2.11 bits per heavy atom. The van der Waals surface area contributed by atoms with Crippen LogP contribution in [0.2, 0.25) is 0 Å². The monoisotopic (exact) mass is 458 g/mol. The molecule has 0 aliphatic carbocycles. The largest absolute Gasteiger partial charge is 0.317 e. The highest BCUT2D eigenvalue weighted by atomic mass is 15.0. The van der Waals surface area contributed by atoms with Gasteiger partial charge in [0.05, 0.1) is 22.2 Å². The summed E-state index contributed by atoms with van der Waals surface area (Å²) in [4.78, 5) is 0. The molecule has 0 aliphatic heterocycles. The molecule has 2 aromatic heterocycles. The van der Waals surface area contributed by atoms with E-state index in [1.165, 1.54) is 65.6 Å². The first-order valence-electron chi connectivity index (χ1n) is 12.4. The SMILES string of the molecule is c1ccc(-n2ccc3cc4c(ccc5c6ccccc6n(-c6cccc7ccccc67)c45)cc32)cc1. The number of nitrogens with zero attached hydrogens (tertiary/aromatic N) is 2. The molecule has 0 aliphatic rings. The van der Waals surface area contributed by atoms with E-state index in [2.05, 4.69) is 143 Å². The zero-order chi connectivity index (χ0) is 23.6. The van der Waals surface area contributed by atoms with Crippen LogP contribution >= 0.6 is 0 Å². The lowest BCUT2D eigenvalue weighted by Crippen LogP contribution is -1.96. The molecule has 0 radical (unpaired) electrons. The second kappa shape index (κ2) is 7.34. The number of fused-ring (bicyclic) bond motifs is 7. The van der Waals surface area contributed by atoms with Gasteiger partial charge in [-0.1, -0.05) is 84.9 Å². The molecule has 0 saturated carbocycles. The first-order valence-corrected chi connectivity index (χ1v) is 12.4. The standard InChI is InChI=1S/C34H22N2/c1-2-11-26(12-3-1)35-20-19-25-21-30-24(22-33(25)35)17-18-29-28-14-6-7-15-32(28)36(34(29)30)31-16-8-10-23-9-4-5-13-27(23)31/h1-22H. The van der Waals surface area contributed by atoms with Crippen molar-refractivity contribution in [2.75, 3.05) is 0 Å². The second-order valence-electron chi connectivity index (χ2n) is 9.47. The average molecular weight is 459 g/mol. The number of aromatic nitrogens is 2. The molecular formula is C34H22N2. The van der Waals surface area contributed by atoms with Gasteiger partial charge in [-0.25, -0.2) is 0 Å². The molecular weight excluding hydrogens is 436 g/mol. The normalized spacial score (nSPS) is 11.9. The van der Waals surface area contributed by atoms with E-state index in [0.29, 0.717) is 0 Å². The van der Waals surface area contributed by atoms with Crippen molar-refractivity contribution < 1.29 is 0 Å². The van der Waals surface area contributed by atoms with Gasteiger partial charge in [-0.3, -0.25) is 0 Å². The van der Waals surface area contributed by atoms with Crippen LogP contribution in [0.15, 0.2) is 134 Å². The summed E-state index contributed by atoms with van der Waals surface area (Å²) in [7, 11) is 0. The maximum atomic E-state index is 2.47. The highest BCUT2D eigenvalue weighted by molar-refractivity contribution is 6.21. The number of hydrogen-bond acceptors (Lipinski definition) is 0. The van der Waals surface area contributed by atoms with Crippen LogP contribution in [0.5, 0.6) is 0 Å². The molecule has 0 saturated heterocycles. The molecule has 8 rings (SSSR count). The fourth-order valence-electron chi connectivity index (χ4n) is 5.88. The quantitative estimate of drug-likeness (QED) is 0.244. The third kappa shape index (κ3) is 2.67. The van der Waals surface area contributed by atoms with E-state index in [1.807, 2.05) is 0 Å². The molecule has 0 amide bonds. The van der Waals surface area contributed by atoms with Crippen molar-refractivity contribution in [3.63, 3.8) is 0 Å². The van der Waals surface area contributed by atoms with Crippen LogP contribution < -0.4 is 0 Å². The predicted octanol–water partition coefficient (Wildman–Crippen LogP) is 9.03. The van der Waals surface area contributed by atoms with Crippen LogP contribution in [0, 0.1) is 0 Å². The lowest BCUT2D eigenvalue weighted by Gasteiger charge is -2.13. The topological polar surface area (TPSA) is 9.86 Å². The van der Waals surface area contributed by atoms with E-state index in [4.69, 9.17) is 0 Å². The Hall–Kier alpha value is -4.82. The van der Waals surface area contributed by atoms with E-state index >= 15 is 0 Å². The van der Waals surface area contributed by atoms with Crippen molar-refractivity contribution in [2.24, 2.45) is 0 Å². The molecule has 2 heterocycles. The Labute approximate surface area is 208 Å². The summed E-state index contributed by atoms with van der Waals surface area (Å²) >= 11 is 0. The van der Waals surface area contributed by atoms with Gasteiger partial charge < -0.3 is 9.13 Å². The smallest absolute Gasteiger partial charge is 0.0619 e. The summed E-state index contributed by atoms with van der Waals surface area (Å²) in [5.41, 5.74) is 6.12. The van der Waals surface area contributed by atoms with Crippen LogP contribution in [0.1, 0.15) is 0 Å². The van der Waals surface area contributed by atoms with Crippen molar-refractivity contribution in [2.45, 2.75) is 0 Å². The van der Waals surface area contributed by atoms with Crippen LogP contribution in [0.25, 0.3) is 65.6 Å². The van der Waals surface area contributed by atoms with E-state index in [0.717, 1.165) is 0 Å². The molecule has 6 aromatic carbocycles. The minimum atomic E-state index is 1.18. The highest BCUT2D eigenvalue weighted by Gasteiger charge is 2.17. The zero-order valence-corrected chi connectivity index (χ0v) is 19.6. The fourth-order valence-corrected chi connectivity index (χ4v) is 5.88. The van der Waals surface area contributed by atoms with Gasteiger partial charge in [0.2, 0.25) is 0 Å². The summed E-state index contributed by atoms with van der Waals surface area (Å²) in [6.07, 6.45) is 2.18. The number of rotatable bonds is 2. The molecule has 168 valence electrons. The molecule has 0 unspecified atom stereocenters. The Kier molecular flexibility index (Phi) is 3.97. The first kappa shape index (κ1) is 19.5. The Morgan fingerprint density at radius 2 is 1.19 bits per heavy atom. The molecule has 2 heteroatoms. The van der Waals surface area contributed by atoms with Gasteiger partial charge in [-0.15, -0.1) is 0 Å². The van der Waals surface area contributed by atoms with Crippen LogP contribution in [0.4, 0.5) is 0 Å². The van der Waals surface area contributed by atoms with Gasteiger partial charge in [-0.2, -0.15) is 0 Å². The minimum absolute atomic E-state index is 1.18. The summed E-state index contributed by atoms with van der Waals surface area (Å²) in [5.74, 6) is 0. The molecule has 0 fully saturated rings. The van der Waals surface area contributed by atoms with Crippen molar-refractivity contribution in [3.8, 4) is 11.4 Å². The van der Waals surface area contributed by atoms with Gasteiger partial charge in [-0.05, 0) is 53.2 Å². The number of para-hydroxylation sites is 2. The third-order valence-corrected chi connectivity index (χ3v) is 7.50. The summed E-state index contributed by atoms with van der Waals surface area (Å²) < 4.78 is 4.74. The van der Waals surface area contributed by atoms with E-state index in [-0.39, 0.29) is 0 Å². The molecule has 0 N–H and O–H groups in total. The lowest BCUT2D eigenvalue weighted by molar-refractivity contribution is 1.13. The molecule has 0 bridgehead atoms. The van der Waals surface area contributed by atoms with Gasteiger partial charge in [0.25, 0.3) is 0 Å². The number of hydrogen-bond donors (Lipinski definition) is 0. The Morgan fingerprint density at radius 1 is 0.417 bits per heavy atom. The highest BCUT2D eigenvalue weighted by Crippen LogP contribution is 2.39. The van der Waals surface area contributed by atoms with Gasteiger partial charge in [0.1, 0.15) is 0 Å². The molecule has 36 heavy (non-hydrogen) atoms. The van der Waals surface area contributed by atoms with Gasteiger partial charge in [0, 0.05) is 38.8 Å². The average Bonchev–Trinajstić information content (AvgIpc) is 3.51.